The number of aliphatic imine (C=N–C) groups is 1. The molecule has 0 aliphatic carbocycles. The van der Waals surface area contributed by atoms with E-state index < -0.39 is 0 Å². The number of hydrogen-bond donors (Lipinski definition) is 3. The standard InChI is InChI=1S/C20H27N7.HI/c1-3-14-5-4-6-17-15(11-23-19(14)17)9-10-22-20(21-2)26-16-7-8-18-24-13-25-27(18)12-16;/h4-6,11,13,16,23H,3,7-10,12H2,1-2H3,(H2,21,22,26);1H. The van der Waals surface area contributed by atoms with Gasteiger partial charge in [0.1, 0.15) is 12.2 Å². The Bertz CT molecular complexity index is 943. The minimum absolute atomic E-state index is 0. The largest absolute Gasteiger partial charge is 0.361 e. The predicted octanol–water partition coefficient (Wildman–Crippen LogP) is 2.66. The topological polar surface area (TPSA) is 82.9 Å². The molecule has 1 aromatic carbocycles. The van der Waals surface area contributed by atoms with Gasteiger partial charge < -0.3 is 15.6 Å². The lowest BCUT2D eigenvalue weighted by Gasteiger charge is -2.25. The molecular formula is C20H28IN7. The van der Waals surface area contributed by atoms with Crippen molar-refractivity contribution in [3.8, 4) is 0 Å². The number of hydrogen-bond acceptors (Lipinski definition) is 3. The van der Waals surface area contributed by atoms with Crippen molar-refractivity contribution in [3.05, 3.63) is 47.7 Å². The third kappa shape index (κ3) is 4.31. The second kappa shape index (κ2) is 9.40. The summed E-state index contributed by atoms with van der Waals surface area (Å²) in [5, 5.41) is 12.6. The molecule has 0 saturated heterocycles. The maximum Gasteiger partial charge on any atom is 0.191 e. The maximum absolute atomic E-state index is 4.38. The van der Waals surface area contributed by atoms with Crippen LogP contribution in [0.15, 0.2) is 35.7 Å². The van der Waals surface area contributed by atoms with Gasteiger partial charge in [0.05, 0.1) is 6.54 Å². The molecule has 7 nitrogen and oxygen atoms in total. The van der Waals surface area contributed by atoms with Gasteiger partial charge in [0.15, 0.2) is 5.96 Å². The molecular weight excluding hydrogens is 465 g/mol. The number of aromatic amines is 1. The maximum atomic E-state index is 4.38. The second-order valence-corrected chi connectivity index (χ2v) is 6.99. The molecule has 0 bridgehead atoms. The number of nitrogens with zero attached hydrogens (tertiary/aromatic N) is 4. The third-order valence-corrected chi connectivity index (χ3v) is 5.33. The van der Waals surface area contributed by atoms with Gasteiger partial charge >= 0.3 is 0 Å². The van der Waals surface area contributed by atoms with Crippen molar-refractivity contribution >= 4 is 40.8 Å². The summed E-state index contributed by atoms with van der Waals surface area (Å²) in [6.45, 7) is 3.86. The molecule has 8 heteroatoms. The first-order valence-electron chi connectivity index (χ1n) is 9.70. The van der Waals surface area contributed by atoms with Crippen molar-refractivity contribution in [2.75, 3.05) is 13.6 Å². The van der Waals surface area contributed by atoms with E-state index in [1.54, 1.807) is 6.33 Å². The van der Waals surface area contributed by atoms with E-state index in [-0.39, 0.29) is 24.0 Å². The number of benzene rings is 1. The number of para-hydroxylation sites is 1. The fraction of sp³-hybridized carbons (Fsp3) is 0.450. The van der Waals surface area contributed by atoms with Crippen LogP contribution in [0, 0.1) is 0 Å². The van der Waals surface area contributed by atoms with Crippen LogP contribution in [0.1, 0.15) is 30.3 Å². The van der Waals surface area contributed by atoms with Crippen molar-refractivity contribution < 1.29 is 0 Å². The third-order valence-electron chi connectivity index (χ3n) is 5.33. The van der Waals surface area contributed by atoms with Crippen molar-refractivity contribution in [2.24, 2.45) is 4.99 Å². The van der Waals surface area contributed by atoms with Crippen LogP contribution >= 0.6 is 24.0 Å². The molecule has 4 rings (SSSR count). The number of H-pyrrole nitrogens is 1. The van der Waals surface area contributed by atoms with Gasteiger partial charge in [-0.25, -0.2) is 9.67 Å². The highest BCUT2D eigenvalue weighted by Crippen LogP contribution is 2.22. The van der Waals surface area contributed by atoms with E-state index in [0.717, 1.165) is 50.6 Å². The fourth-order valence-electron chi connectivity index (χ4n) is 3.84. The Balaban J connectivity index is 0.00000225. The summed E-state index contributed by atoms with van der Waals surface area (Å²) in [5.74, 6) is 1.92. The average molecular weight is 493 g/mol. The Labute approximate surface area is 182 Å². The number of nitrogens with one attached hydrogen (secondary N) is 3. The summed E-state index contributed by atoms with van der Waals surface area (Å²) in [6.07, 6.45) is 7.75. The van der Waals surface area contributed by atoms with Crippen molar-refractivity contribution in [2.45, 2.75) is 45.2 Å². The Morgan fingerprint density at radius 3 is 3.07 bits per heavy atom. The van der Waals surface area contributed by atoms with Crippen LogP contribution in [0.3, 0.4) is 0 Å². The first kappa shape index (κ1) is 20.6. The highest BCUT2D eigenvalue weighted by molar-refractivity contribution is 14.0. The van der Waals surface area contributed by atoms with E-state index in [2.05, 4.69) is 62.0 Å². The Morgan fingerprint density at radius 1 is 1.36 bits per heavy atom. The molecule has 1 unspecified atom stereocenters. The molecule has 0 fully saturated rings. The first-order chi connectivity index (χ1) is 13.3. The summed E-state index contributed by atoms with van der Waals surface area (Å²) in [4.78, 5) is 12.1. The molecule has 0 radical (unpaired) electrons. The number of aromatic nitrogens is 4. The molecule has 0 spiro atoms. The van der Waals surface area contributed by atoms with E-state index in [0.29, 0.717) is 6.04 Å². The Morgan fingerprint density at radius 2 is 2.25 bits per heavy atom. The lowest BCUT2D eigenvalue weighted by molar-refractivity contribution is 0.393. The van der Waals surface area contributed by atoms with Crippen molar-refractivity contribution in [3.63, 3.8) is 0 Å². The van der Waals surface area contributed by atoms with Gasteiger partial charge in [0.2, 0.25) is 0 Å². The lowest BCUT2D eigenvalue weighted by Crippen LogP contribution is -2.47. The van der Waals surface area contributed by atoms with Crippen LogP contribution in [-0.4, -0.2) is 45.3 Å². The monoisotopic (exact) mass is 493 g/mol. The first-order valence-corrected chi connectivity index (χ1v) is 9.70. The SMILES string of the molecule is CCc1cccc2c(CCNC(=NC)NC3CCc4ncnn4C3)c[nH]c12.I. The van der Waals surface area contributed by atoms with Crippen molar-refractivity contribution in [1.29, 1.82) is 0 Å². The van der Waals surface area contributed by atoms with Gasteiger partial charge in [-0.2, -0.15) is 5.10 Å². The van der Waals surface area contributed by atoms with Crippen LogP contribution in [0.2, 0.25) is 0 Å². The van der Waals surface area contributed by atoms with E-state index >= 15 is 0 Å². The van der Waals surface area contributed by atoms with Crippen LogP contribution in [0.4, 0.5) is 0 Å². The molecule has 1 aliphatic rings. The number of guanidine groups is 1. The summed E-state index contributed by atoms with van der Waals surface area (Å²) < 4.78 is 1.98. The highest BCUT2D eigenvalue weighted by Gasteiger charge is 2.20. The van der Waals surface area contributed by atoms with Crippen LogP contribution in [-0.2, 0) is 25.8 Å². The lowest BCUT2D eigenvalue weighted by atomic mass is 10.1. The molecule has 0 amide bonds. The molecule has 2 aromatic heterocycles. The van der Waals surface area contributed by atoms with Crippen LogP contribution in [0.5, 0.6) is 0 Å². The normalized spacial score (nSPS) is 16.5. The predicted molar refractivity (Wildman–Crippen MR) is 123 cm³/mol. The summed E-state index contributed by atoms with van der Waals surface area (Å²) in [7, 11) is 1.82. The highest BCUT2D eigenvalue weighted by atomic mass is 127. The molecule has 28 heavy (non-hydrogen) atoms. The quantitative estimate of drug-likeness (QED) is 0.290. The zero-order chi connectivity index (χ0) is 18.6. The molecule has 1 atom stereocenters. The van der Waals surface area contributed by atoms with E-state index in [4.69, 9.17) is 0 Å². The second-order valence-electron chi connectivity index (χ2n) is 6.99. The van der Waals surface area contributed by atoms with E-state index in [1.807, 2.05) is 11.7 Å². The molecule has 3 heterocycles. The van der Waals surface area contributed by atoms with E-state index in [1.165, 1.54) is 22.0 Å². The van der Waals surface area contributed by atoms with Crippen LogP contribution < -0.4 is 10.6 Å². The fourth-order valence-corrected chi connectivity index (χ4v) is 3.84. The van der Waals surface area contributed by atoms with Crippen molar-refractivity contribution in [1.82, 2.24) is 30.4 Å². The smallest absolute Gasteiger partial charge is 0.191 e. The van der Waals surface area contributed by atoms with E-state index in [9.17, 15) is 0 Å². The van der Waals surface area contributed by atoms with Gasteiger partial charge in [-0.15, -0.1) is 24.0 Å². The summed E-state index contributed by atoms with van der Waals surface area (Å²) in [6, 6.07) is 6.86. The number of aryl methyl sites for hydroxylation is 2. The summed E-state index contributed by atoms with van der Waals surface area (Å²) >= 11 is 0. The molecule has 1 aliphatic heterocycles. The van der Waals surface area contributed by atoms with Gasteiger partial charge in [0, 0.05) is 43.2 Å². The Hall–Kier alpha value is -2.10. The van der Waals surface area contributed by atoms with Gasteiger partial charge in [-0.3, -0.25) is 4.99 Å². The van der Waals surface area contributed by atoms with Gasteiger partial charge in [0.25, 0.3) is 0 Å². The van der Waals surface area contributed by atoms with Crippen LogP contribution in [0.25, 0.3) is 10.9 Å². The number of rotatable bonds is 5. The summed E-state index contributed by atoms with van der Waals surface area (Å²) in [5.41, 5.74) is 3.98. The minimum Gasteiger partial charge on any atom is -0.361 e. The van der Waals surface area contributed by atoms with Gasteiger partial charge in [-0.05, 0) is 30.4 Å². The zero-order valence-corrected chi connectivity index (χ0v) is 18.7. The van der Waals surface area contributed by atoms with Gasteiger partial charge in [-0.1, -0.05) is 25.1 Å². The molecule has 3 N–H and O–H groups in total. The molecule has 150 valence electrons. The average Bonchev–Trinajstić information content (AvgIpc) is 3.33. The molecule has 0 saturated carbocycles. The number of fused-ring (bicyclic) bond motifs is 2. The Kier molecular flexibility index (Phi) is 6.93. The number of halogens is 1. The minimum atomic E-state index is 0. The molecule has 3 aromatic rings. The zero-order valence-electron chi connectivity index (χ0n) is 16.4.